The van der Waals surface area contributed by atoms with E-state index in [9.17, 15) is 9.90 Å². The van der Waals surface area contributed by atoms with E-state index in [2.05, 4.69) is 11.9 Å². The predicted octanol–water partition coefficient (Wildman–Crippen LogP) is 0.371. The van der Waals surface area contributed by atoms with E-state index in [1.54, 1.807) is 13.1 Å². The summed E-state index contributed by atoms with van der Waals surface area (Å²) in [4.78, 5) is 16.0. The first-order valence-corrected chi connectivity index (χ1v) is 7.23. The van der Waals surface area contributed by atoms with Crippen molar-refractivity contribution in [3.8, 4) is 5.88 Å². The molecule has 2 N–H and O–H groups in total. The molecule has 1 aliphatic rings. The van der Waals surface area contributed by atoms with Crippen LogP contribution in [0.4, 0.5) is 0 Å². The highest BCUT2D eigenvalue weighted by molar-refractivity contribution is 5.20. The van der Waals surface area contributed by atoms with Crippen LogP contribution in [0.5, 0.6) is 5.88 Å². The van der Waals surface area contributed by atoms with Gasteiger partial charge in [-0.1, -0.05) is 13.3 Å². The van der Waals surface area contributed by atoms with E-state index in [0.717, 1.165) is 18.4 Å². The van der Waals surface area contributed by atoms with Gasteiger partial charge in [-0.25, -0.2) is 4.79 Å². The molecule has 0 bridgehead atoms. The first-order chi connectivity index (χ1) is 10.1. The number of aliphatic hydroxyl groups is 2. The number of hydrogen-bond donors (Lipinski definition) is 2. The maximum atomic E-state index is 12.1. The molecule has 118 valence electrons. The van der Waals surface area contributed by atoms with Gasteiger partial charge in [0.1, 0.15) is 12.3 Å². The van der Waals surface area contributed by atoms with Gasteiger partial charge in [-0.2, -0.15) is 4.98 Å². The van der Waals surface area contributed by atoms with Crippen molar-refractivity contribution in [2.45, 2.75) is 51.5 Å². The molecule has 1 fully saturated rings. The fourth-order valence-corrected chi connectivity index (χ4v) is 2.27. The second-order valence-corrected chi connectivity index (χ2v) is 5.24. The summed E-state index contributed by atoms with van der Waals surface area (Å²) in [5.41, 5.74) is 0.249. The molecule has 1 aromatic heterocycles. The highest BCUT2D eigenvalue weighted by Gasteiger charge is 2.35. The van der Waals surface area contributed by atoms with Gasteiger partial charge in [0.15, 0.2) is 0 Å². The summed E-state index contributed by atoms with van der Waals surface area (Å²) < 4.78 is 12.3. The van der Waals surface area contributed by atoms with E-state index < -0.39 is 24.1 Å². The zero-order valence-electron chi connectivity index (χ0n) is 12.4. The van der Waals surface area contributed by atoms with Gasteiger partial charge in [-0.3, -0.25) is 4.57 Å². The monoisotopic (exact) mass is 298 g/mol. The van der Waals surface area contributed by atoms with E-state index >= 15 is 0 Å². The largest absolute Gasteiger partial charge is 0.477 e. The van der Waals surface area contributed by atoms with Gasteiger partial charge in [-0.05, 0) is 13.3 Å². The molecule has 1 saturated heterocycles. The molecule has 0 aliphatic carbocycles. The van der Waals surface area contributed by atoms with E-state index in [1.165, 1.54) is 4.57 Å². The van der Waals surface area contributed by atoms with E-state index in [-0.39, 0.29) is 13.0 Å². The molecule has 7 heteroatoms. The van der Waals surface area contributed by atoms with Crippen LogP contribution < -0.4 is 10.4 Å². The maximum Gasteiger partial charge on any atom is 0.352 e. The van der Waals surface area contributed by atoms with E-state index in [4.69, 9.17) is 14.6 Å². The van der Waals surface area contributed by atoms with E-state index in [1.807, 2.05) is 0 Å². The van der Waals surface area contributed by atoms with Crippen molar-refractivity contribution in [1.82, 2.24) is 9.55 Å². The first-order valence-electron chi connectivity index (χ1n) is 7.23. The standard InChI is InChI=1S/C14H22N2O5/c1-3-4-5-20-13-9(2)7-16(14(19)15-13)12-6-10(18)11(8-17)21-12/h7,10-12,17-18H,3-6,8H2,1-2H3/t10-,11+,12+/m0/s1. The second kappa shape index (κ2) is 7.02. The van der Waals surface area contributed by atoms with Crippen LogP contribution in [-0.4, -0.2) is 45.2 Å². The summed E-state index contributed by atoms with van der Waals surface area (Å²) in [7, 11) is 0. The van der Waals surface area contributed by atoms with Crippen molar-refractivity contribution in [1.29, 1.82) is 0 Å². The van der Waals surface area contributed by atoms with Crippen LogP contribution in [-0.2, 0) is 4.74 Å². The lowest BCUT2D eigenvalue weighted by molar-refractivity contribution is -0.0460. The Morgan fingerprint density at radius 2 is 2.33 bits per heavy atom. The van der Waals surface area contributed by atoms with Gasteiger partial charge >= 0.3 is 5.69 Å². The minimum atomic E-state index is -0.785. The Morgan fingerprint density at radius 1 is 1.57 bits per heavy atom. The molecule has 0 spiro atoms. The van der Waals surface area contributed by atoms with E-state index in [0.29, 0.717) is 12.5 Å². The fourth-order valence-electron chi connectivity index (χ4n) is 2.27. The van der Waals surface area contributed by atoms with Gasteiger partial charge in [0.05, 0.1) is 19.3 Å². The van der Waals surface area contributed by atoms with Crippen LogP contribution in [0.2, 0.25) is 0 Å². The summed E-state index contributed by atoms with van der Waals surface area (Å²) >= 11 is 0. The Morgan fingerprint density at radius 3 is 2.95 bits per heavy atom. The minimum Gasteiger partial charge on any atom is -0.477 e. The number of hydrogen-bond acceptors (Lipinski definition) is 6. The van der Waals surface area contributed by atoms with Gasteiger partial charge < -0.3 is 19.7 Å². The lowest BCUT2D eigenvalue weighted by atomic mass is 10.2. The van der Waals surface area contributed by atoms with Crippen LogP contribution in [0.15, 0.2) is 11.0 Å². The molecule has 1 aliphatic heterocycles. The Balaban J connectivity index is 2.15. The number of aliphatic hydroxyl groups excluding tert-OH is 2. The topological polar surface area (TPSA) is 93.8 Å². The van der Waals surface area contributed by atoms with Crippen LogP contribution in [0.25, 0.3) is 0 Å². The Kier molecular flexibility index (Phi) is 5.33. The molecule has 7 nitrogen and oxygen atoms in total. The predicted molar refractivity (Wildman–Crippen MR) is 75.3 cm³/mol. The highest BCUT2D eigenvalue weighted by atomic mass is 16.5. The second-order valence-electron chi connectivity index (χ2n) is 5.24. The van der Waals surface area contributed by atoms with Gasteiger partial charge in [0.25, 0.3) is 0 Å². The van der Waals surface area contributed by atoms with Crippen molar-refractivity contribution in [3.63, 3.8) is 0 Å². The number of aromatic nitrogens is 2. The van der Waals surface area contributed by atoms with Crippen molar-refractivity contribution in [3.05, 3.63) is 22.2 Å². The number of ether oxygens (including phenoxy) is 2. The Hall–Kier alpha value is -1.44. The lowest BCUT2D eigenvalue weighted by Crippen LogP contribution is -2.28. The smallest absolute Gasteiger partial charge is 0.352 e. The number of rotatable bonds is 6. The normalized spacial score (nSPS) is 25.2. The summed E-state index contributed by atoms with van der Waals surface area (Å²) in [6, 6.07) is 0. The Bertz CT molecular complexity index is 531. The average Bonchev–Trinajstić information content (AvgIpc) is 2.83. The summed E-state index contributed by atoms with van der Waals surface area (Å²) in [5, 5.41) is 18.8. The van der Waals surface area contributed by atoms with Crippen molar-refractivity contribution >= 4 is 0 Å². The third kappa shape index (κ3) is 3.61. The van der Waals surface area contributed by atoms with Gasteiger partial charge in [0, 0.05) is 18.2 Å². The molecule has 0 unspecified atom stereocenters. The third-order valence-electron chi connectivity index (χ3n) is 3.52. The maximum absolute atomic E-state index is 12.1. The molecule has 3 atom stereocenters. The average molecular weight is 298 g/mol. The van der Waals surface area contributed by atoms with Crippen molar-refractivity contribution in [2.75, 3.05) is 13.2 Å². The third-order valence-corrected chi connectivity index (χ3v) is 3.52. The quantitative estimate of drug-likeness (QED) is 0.737. The summed E-state index contributed by atoms with van der Waals surface area (Å²) in [6.07, 6.45) is 1.72. The first kappa shape index (κ1) is 15.9. The van der Waals surface area contributed by atoms with Crippen LogP contribution in [0.1, 0.15) is 38.0 Å². The summed E-state index contributed by atoms with van der Waals surface area (Å²) in [5.74, 6) is 0.335. The molecular formula is C14H22N2O5. The van der Waals surface area contributed by atoms with Gasteiger partial charge in [-0.15, -0.1) is 0 Å². The summed E-state index contributed by atoms with van der Waals surface area (Å²) in [6.45, 7) is 4.11. The zero-order valence-corrected chi connectivity index (χ0v) is 12.4. The molecule has 1 aromatic rings. The SMILES string of the molecule is CCCCOc1nc(=O)n([C@H]2C[C@H](O)[C@@H](CO)O2)cc1C. The Labute approximate surface area is 123 Å². The lowest BCUT2D eigenvalue weighted by Gasteiger charge is -2.16. The molecule has 2 rings (SSSR count). The molecule has 0 saturated carbocycles. The van der Waals surface area contributed by atoms with Crippen molar-refractivity contribution < 1.29 is 19.7 Å². The molecule has 0 radical (unpaired) electrons. The molecule has 0 aromatic carbocycles. The van der Waals surface area contributed by atoms with Crippen LogP contribution in [0, 0.1) is 6.92 Å². The highest BCUT2D eigenvalue weighted by Crippen LogP contribution is 2.28. The zero-order chi connectivity index (χ0) is 15.4. The number of aryl methyl sites for hydroxylation is 1. The number of nitrogens with zero attached hydrogens (tertiary/aromatic N) is 2. The van der Waals surface area contributed by atoms with Gasteiger partial charge in [0.2, 0.25) is 5.88 Å². The van der Waals surface area contributed by atoms with Crippen LogP contribution in [0.3, 0.4) is 0 Å². The van der Waals surface area contributed by atoms with Crippen LogP contribution >= 0.6 is 0 Å². The molecule has 2 heterocycles. The molecule has 0 amide bonds. The fraction of sp³-hybridized carbons (Fsp3) is 0.714. The molecular weight excluding hydrogens is 276 g/mol. The minimum absolute atomic E-state index is 0.252. The van der Waals surface area contributed by atoms with Crippen molar-refractivity contribution in [2.24, 2.45) is 0 Å². The molecule has 21 heavy (non-hydrogen) atoms. The number of unbranched alkanes of at least 4 members (excludes halogenated alkanes) is 1.